The van der Waals surface area contributed by atoms with Crippen LogP contribution < -0.4 is 0 Å². The van der Waals surface area contributed by atoms with Crippen LogP contribution in [0, 0.1) is 50.2 Å². The van der Waals surface area contributed by atoms with E-state index in [4.69, 9.17) is 14.2 Å². The average molecular weight is 647 g/mol. The smallest absolute Gasteiger partial charge is 0.337 e. The second-order valence-corrected chi connectivity index (χ2v) is 18.1. The van der Waals surface area contributed by atoms with Gasteiger partial charge in [-0.05, 0) is 109 Å². The number of aliphatic carboxylic acids is 1. The molecule has 1 aliphatic heterocycles. The monoisotopic (exact) mass is 646 g/mol. The first-order valence-electron chi connectivity index (χ1n) is 17.7. The Labute approximate surface area is 274 Å². The van der Waals surface area contributed by atoms with Crippen molar-refractivity contribution in [1.29, 1.82) is 0 Å². The molecule has 0 radical (unpaired) electrons. The molecule has 0 spiro atoms. The van der Waals surface area contributed by atoms with E-state index < -0.39 is 48.1 Å². The second kappa shape index (κ2) is 11.0. The zero-order chi connectivity index (χ0) is 33.8. The van der Waals surface area contributed by atoms with Crippen LogP contribution in [0.5, 0.6) is 0 Å². The SMILES string of the molecule is COC(=O)[C@H]1O[C@@H](O[C@H]2CC[C@]3(C)[C@H]4CC=C5[C@@H]6CC(C)(C)CC[C@]6(C(=O)O)CC[C@@]5(C)[C@]4(C)CC[C@H]3C2(C)C)[C@H](O)[C@@H](O)[C@@H]1O. The number of hydrogen-bond acceptors (Lipinski definition) is 8. The summed E-state index contributed by atoms with van der Waals surface area (Å²) in [6, 6.07) is 0. The van der Waals surface area contributed by atoms with Gasteiger partial charge in [0.1, 0.15) is 18.3 Å². The van der Waals surface area contributed by atoms with Gasteiger partial charge in [0.2, 0.25) is 0 Å². The van der Waals surface area contributed by atoms with Gasteiger partial charge in [-0.3, -0.25) is 4.79 Å². The van der Waals surface area contributed by atoms with Gasteiger partial charge < -0.3 is 34.6 Å². The van der Waals surface area contributed by atoms with Crippen LogP contribution in [-0.4, -0.2) is 76.3 Å². The molecule has 1 heterocycles. The first kappa shape index (κ1) is 34.3. The van der Waals surface area contributed by atoms with Crippen LogP contribution >= 0.6 is 0 Å². The van der Waals surface area contributed by atoms with Crippen molar-refractivity contribution in [3.05, 3.63) is 11.6 Å². The third-order valence-corrected chi connectivity index (χ3v) is 15.3. The van der Waals surface area contributed by atoms with E-state index in [0.29, 0.717) is 11.8 Å². The van der Waals surface area contributed by atoms with Crippen LogP contribution in [0.1, 0.15) is 113 Å². The maximum absolute atomic E-state index is 13.0. The van der Waals surface area contributed by atoms with Crippen molar-refractivity contribution in [2.45, 2.75) is 149 Å². The van der Waals surface area contributed by atoms with Gasteiger partial charge in [-0.1, -0.05) is 60.1 Å². The fraction of sp³-hybridized carbons (Fsp3) is 0.892. The Balaban J connectivity index is 1.28. The standard InChI is InChI=1S/C37H58O9/c1-32(2)15-17-37(31(42)43)18-16-35(6)20(21(37)19-32)9-10-23-34(5)13-12-24(33(3,4)22(34)11-14-36(23,35)7)45-30-27(40)25(38)26(39)28(46-30)29(41)44-8/h9,21-28,30,38-40H,10-19H2,1-8H3,(H,42,43)/t21-,22-,23+,24-,25-,26-,27+,28-,30+,34-,35+,36+,37-/m0/s1. The molecule has 9 heteroatoms. The van der Waals surface area contributed by atoms with Crippen LogP contribution in [0.4, 0.5) is 0 Å². The van der Waals surface area contributed by atoms with Gasteiger partial charge in [-0.2, -0.15) is 0 Å². The van der Waals surface area contributed by atoms with E-state index in [1.165, 1.54) is 12.7 Å². The molecule has 0 aromatic carbocycles. The minimum absolute atomic E-state index is 0.0187. The molecule has 0 amide bonds. The van der Waals surface area contributed by atoms with Gasteiger partial charge >= 0.3 is 11.9 Å². The number of rotatable bonds is 4. The van der Waals surface area contributed by atoms with Crippen molar-refractivity contribution < 1.29 is 44.2 Å². The highest BCUT2D eigenvalue weighted by Crippen LogP contribution is 2.76. The summed E-state index contributed by atoms with van der Waals surface area (Å²) < 4.78 is 17.0. The molecule has 0 bridgehead atoms. The molecule has 0 aromatic heterocycles. The fourth-order valence-corrected chi connectivity index (χ4v) is 12.3. The maximum Gasteiger partial charge on any atom is 0.337 e. The minimum Gasteiger partial charge on any atom is -0.481 e. The molecule has 4 N–H and O–H groups in total. The quantitative estimate of drug-likeness (QED) is 0.183. The van der Waals surface area contributed by atoms with Crippen LogP contribution in [0.2, 0.25) is 0 Å². The average Bonchev–Trinajstić information content (AvgIpc) is 2.98. The Morgan fingerprint density at radius 3 is 2.17 bits per heavy atom. The van der Waals surface area contributed by atoms with Crippen LogP contribution in [0.15, 0.2) is 11.6 Å². The Morgan fingerprint density at radius 1 is 0.848 bits per heavy atom. The number of fused-ring (bicyclic) bond motifs is 7. The van der Waals surface area contributed by atoms with Crippen molar-refractivity contribution >= 4 is 11.9 Å². The summed E-state index contributed by atoms with van der Waals surface area (Å²) in [7, 11) is 1.18. The lowest BCUT2D eigenvalue weighted by Gasteiger charge is -2.71. The zero-order valence-electron chi connectivity index (χ0n) is 29.2. The molecule has 4 saturated carbocycles. The number of carbonyl (C=O) groups is 2. The Hall–Kier alpha value is -1.52. The molecule has 6 rings (SSSR count). The molecule has 260 valence electrons. The van der Waals surface area contributed by atoms with E-state index in [2.05, 4.69) is 54.5 Å². The number of aliphatic hydroxyl groups excluding tert-OH is 3. The minimum atomic E-state index is -1.62. The van der Waals surface area contributed by atoms with Crippen molar-refractivity contribution in [1.82, 2.24) is 0 Å². The Morgan fingerprint density at radius 2 is 1.52 bits per heavy atom. The van der Waals surface area contributed by atoms with E-state index in [0.717, 1.165) is 64.2 Å². The second-order valence-electron chi connectivity index (χ2n) is 18.1. The van der Waals surface area contributed by atoms with Crippen molar-refractivity contribution in [3.63, 3.8) is 0 Å². The lowest BCUT2D eigenvalue weighted by molar-refractivity contribution is -0.324. The molecule has 0 aromatic rings. The maximum atomic E-state index is 13.0. The van der Waals surface area contributed by atoms with Crippen molar-refractivity contribution in [3.8, 4) is 0 Å². The first-order valence-corrected chi connectivity index (χ1v) is 17.7. The fourth-order valence-electron chi connectivity index (χ4n) is 12.3. The summed E-state index contributed by atoms with van der Waals surface area (Å²) in [4.78, 5) is 25.2. The predicted molar refractivity (Wildman–Crippen MR) is 170 cm³/mol. The number of hydrogen-bond donors (Lipinski definition) is 4. The highest BCUT2D eigenvalue weighted by atomic mass is 16.7. The van der Waals surface area contributed by atoms with Crippen LogP contribution in [0.25, 0.3) is 0 Å². The summed E-state index contributed by atoms with van der Waals surface area (Å²) in [5.74, 6) is -0.600. The molecule has 46 heavy (non-hydrogen) atoms. The van der Waals surface area contributed by atoms with Gasteiger partial charge in [0.05, 0.1) is 18.6 Å². The number of esters is 1. The third-order valence-electron chi connectivity index (χ3n) is 15.3. The van der Waals surface area contributed by atoms with Gasteiger partial charge in [0, 0.05) is 0 Å². The zero-order valence-corrected chi connectivity index (χ0v) is 29.2. The number of carboxylic acid groups (broad SMARTS) is 1. The molecule has 6 aliphatic rings. The van der Waals surface area contributed by atoms with Gasteiger partial charge in [-0.15, -0.1) is 0 Å². The van der Waals surface area contributed by atoms with E-state index in [9.17, 15) is 30.0 Å². The Bertz CT molecular complexity index is 1280. The predicted octanol–water partition coefficient (Wildman–Crippen LogP) is 5.24. The summed E-state index contributed by atoms with van der Waals surface area (Å²) in [6.45, 7) is 16.5. The molecular formula is C37H58O9. The normalized spacial score (nSPS) is 50.9. The van der Waals surface area contributed by atoms with Gasteiger partial charge in [-0.25, -0.2) is 4.79 Å². The molecule has 5 aliphatic carbocycles. The molecule has 1 saturated heterocycles. The van der Waals surface area contributed by atoms with Crippen LogP contribution in [0.3, 0.4) is 0 Å². The Kier molecular flexibility index (Phi) is 8.21. The number of carbonyl (C=O) groups excluding carboxylic acids is 1. The third kappa shape index (κ3) is 4.64. The van der Waals surface area contributed by atoms with E-state index in [1.807, 2.05) is 0 Å². The number of carboxylic acids is 1. The molecule has 0 unspecified atom stereocenters. The lowest BCUT2D eigenvalue weighted by atomic mass is 9.33. The first-order chi connectivity index (χ1) is 21.3. The number of aliphatic hydroxyl groups is 3. The summed E-state index contributed by atoms with van der Waals surface area (Å²) in [5, 5.41) is 42.4. The molecular weight excluding hydrogens is 588 g/mol. The largest absolute Gasteiger partial charge is 0.481 e. The summed E-state index contributed by atoms with van der Waals surface area (Å²) in [5.41, 5.74) is 0.605. The van der Waals surface area contributed by atoms with Gasteiger partial charge in [0.15, 0.2) is 12.4 Å². The summed E-state index contributed by atoms with van der Waals surface area (Å²) >= 11 is 0. The highest BCUT2D eigenvalue weighted by Gasteiger charge is 2.69. The van der Waals surface area contributed by atoms with E-state index >= 15 is 0 Å². The molecule has 9 nitrogen and oxygen atoms in total. The van der Waals surface area contributed by atoms with Crippen molar-refractivity contribution in [2.75, 3.05) is 7.11 Å². The molecule has 5 fully saturated rings. The van der Waals surface area contributed by atoms with Crippen molar-refractivity contribution in [2.24, 2.45) is 50.2 Å². The van der Waals surface area contributed by atoms with Gasteiger partial charge in [0.25, 0.3) is 0 Å². The van der Waals surface area contributed by atoms with Crippen LogP contribution in [-0.2, 0) is 23.8 Å². The highest BCUT2D eigenvalue weighted by molar-refractivity contribution is 5.77. The van der Waals surface area contributed by atoms with E-state index in [-0.39, 0.29) is 39.1 Å². The topological polar surface area (TPSA) is 143 Å². The number of methoxy groups -OCH3 is 1. The molecule has 13 atom stereocenters. The summed E-state index contributed by atoms with van der Waals surface area (Å²) in [6.07, 6.45) is 3.73. The number of allylic oxidation sites excluding steroid dienone is 2. The number of ether oxygens (including phenoxy) is 3. The lowest BCUT2D eigenvalue weighted by Crippen LogP contribution is -2.66. The van der Waals surface area contributed by atoms with E-state index in [1.54, 1.807) is 0 Å².